The molecule has 37 heavy (non-hydrogen) atoms. The van der Waals surface area contributed by atoms with Crippen LogP contribution in [0.3, 0.4) is 0 Å². The number of hydrogen-bond acceptors (Lipinski definition) is 6. The summed E-state index contributed by atoms with van der Waals surface area (Å²) in [4.78, 5) is 48.2. The standard InChI is InChI=1S/C23H18ClF4NO8/c1-36-17-6-3-12(24)9-15(17)22(25)14-5-2-11(23(26,27)28)8-16(14)29(21(22)35)10-37-20(34)13(19(32)33)4-7-18(30)31/h2-3,5-6,8-9,13H,4,7,10H2,1H3,(H,30,31)(H,32,33). The molecule has 0 spiro atoms. The van der Waals surface area contributed by atoms with Gasteiger partial charge >= 0.3 is 24.1 Å². The van der Waals surface area contributed by atoms with Crippen molar-refractivity contribution in [1.82, 2.24) is 0 Å². The van der Waals surface area contributed by atoms with Crippen LogP contribution in [0.15, 0.2) is 36.4 Å². The first-order valence-electron chi connectivity index (χ1n) is 10.4. The number of esters is 1. The average Bonchev–Trinajstić information content (AvgIpc) is 3.03. The van der Waals surface area contributed by atoms with Crippen molar-refractivity contribution in [1.29, 1.82) is 0 Å². The Balaban J connectivity index is 2.05. The highest BCUT2D eigenvalue weighted by atomic mass is 35.5. The lowest BCUT2D eigenvalue weighted by Gasteiger charge is -2.23. The Morgan fingerprint density at radius 3 is 2.35 bits per heavy atom. The van der Waals surface area contributed by atoms with E-state index in [1.54, 1.807) is 0 Å². The number of amides is 1. The number of anilines is 1. The van der Waals surface area contributed by atoms with E-state index in [0.717, 1.165) is 12.1 Å². The molecule has 1 aliphatic heterocycles. The highest BCUT2D eigenvalue weighted by Gasteiger charge is 2.55. The van der Waals surface area contributed by atoms with Crippen molar-refractivity contribution in [3.63, 3.8) is 0 Å². The smallest absolute Gasteiger partial charge is 0.416 e. The van der Waals surface area contributed by atoms with Crippen LogP contribution in [0.1, 0.15) is 29.5 Å². The molecule has 1 aliphatic rings. The molecule has 1 amide bonds. The second kappa shape index (κ2) is 10.2. The lowest BCUT2D eigenvalue weighted by atomic mass is 9.88. The van der Waals surface area contributed by atoms with E-state index in [-0.39, 0.29) is 10.8 Å². The highest BCUT2D eigenvalue weighted by Crippen LogP contribution is 2.51. The molecular weight excluding hydrogens is 530 g/mol. The fourth-order valence-corrected chi connectivity index (χ4v) is 3.98. The Kier molecular flexibility index (Phi) is 7.67. The van der Waals surface area contributed by atoms with Crippen LogP contribution in [0.2, 0.25) is 5.02 Å². The third kappa shape index (κ3) is 5.31. The normalized spacial score (nSPS) is 17.8. The number of ether oxygens (including phenoxy) is 2. The predicted octanol–water partition coefficient (Wildman–Crippen LogP) is 3.99. The third-order valence-corrected chi connectivity index (χ3v) is 5.86. The number of alkyl halides is 4. The van der Waals surface area contributed by atoms with Gasteiger partial charge in [-0.15, -0.1) is 0 Å². The highest BCUT2D eigenvalue weighted by molar-refractivity contribution is 6.30. The number of hydrogen-bond donors (Lipinski definition) is 2. The van der Waals surface area contributed by atoms with Crippen molar-refractivity contribution in [2.75, 3.05) is 18.7 Å². The van der Waals surface area contributed by atoms with Crippen LogP contribution in [-0.4, -0.2) is 47.9 Å². The van der Waals surface area contributed by atoms with Crippen LogP contribution in [0.4, 0.5) is 23.2 Å². The minimum Gasteiger partial charge on any atom is -0.496 e. The van der Waals surface area contributed by atoms with Gasteiger partial charge in [0.2, 0.25) is 5.67 Å². The summed E-state index contributed by atoms with van der Waals surface area (Å²) >= 11 is 5.97. The van der Waals surface area contributed by atoms with Gasteiger partial charge in [-0.25, -0.2) is 4.39 Å². The fraction of sp³-hybridized carbons (Fsp3) is 0.304. The molecule has 2 atom stereocenters. The average molecular weight is 548 g/mol. The molecule has 2 aromatic rings. The van der Waals surface area contributed by atoms with E-state index in [2.05, 4.69) is 0 Å². The van der Waals surface area contributed by atoms with Gasteiger partial charge in [0.15, 0.2) is 12.6 Å². The molecule has 0 bridgehead atoms. The predicted molar refractivity (Wildman–Crippen MR) is 118 cm³/mol. The topological polar surface area (TPSA) is 130 Å². The van der Waals surface area contributed by atoms with E-state index in [0.29, 0.717) is 17.0 Å². The van der Waals surface area contributed by atoms with Crippen molar-refractivity contribution in [3.8, 4) is 5.75 Å². The maximum Gasteiger partial charge on any atom is 0.416 e. The number of carbonyl (C=O) groups is 4. The summed E-state index contributed by atoms with van der Waals surface area (Å²) in [6.45, 7) is -1.16. The number of nitrogens with zero attached hydrogens (tertiary/aromatic N) is 1. The van der Waals surface area contributed by atoms with E-state index < -0.39 is 83.5 Å². The first kappa shape index (κ1) is 27.7. The van der Waals surface area contributed by atoms with Gasteiger partial charge in [-0.3, -0.25) is 24.1 Å². The monoisotopic (exact) mass is 547 g/mol. The summed E-state index contributed by atoms with van der Waals surface area (Å²) in [5, 5.41) is 17.9. The number of benzene rings is 2. The third-order valence-electron chi connectivity index (χ3n) is 5.62. The number of rotatable bonds is 9. The Morgan fingerprint density at radius 2 is 1.78 bits per heavy atom. The SMILES string of the molecule is COc1ccc(Cl)cc1C1(F)C(=O)N(COC(=O)C(CCC(=O)O)C(=O)O)c2cc(C(F)(F)F)ccc21. The zero-order valence-corrected chi connectivity index (χ0v) is 19.6. The lowest BCUT2D eigenvalue weighted by molar-refractivity contribution is -0.159. The molecule has 2 unspecified atom stereocenters. The van der Waals surface area contributed by atoms with Crippen LogP contribution in [-0.2, 0) is 35.8 Å². The summed E-state index contributed by atoms with van der Waals surface area (Å²) < 4.78 is 66.8. The summed E-state index contributed by atoms with van der Waals surface area (Å²) in [7, 11) is 1.17. The van der Waals surface area contributed by atoms with Gasteiger partial charge < -0.3 is 19.7 Å². The molecular formula is C23H18ClF4NO8. The summed E-state index contributed by atoms with van der Waals surface area (Å²) in [5.74, 6) is -8.12. The molecule has 9 nitrogen and oxygen atoms in total. The fourth-order valence-electron chi connectivity index (χ4n) is 3.81. The van der Waals surface area contributed by atoms with Crippen molar-refractivity contribution in [3.05, 3.63) is 58.1 Å². The van der Waals surface area contributed by atoms with E-state index >= 15 is 4.39 Å². The zero-order chi connectivity index (χ0) is 27.7. The van der Waals surface area contributed by atoms with Crippen molar-refractivity contribution in [2.24, 2.45) is 5.92 Å². The Bertz CT molecular complexity index is 1270. The molecule has 2 N–H and O–H groups in total. The van der Waals surface area contributed by atoms with Crippen LogP contribution in [0, 0.1) is 5.92 Å². The van der Waals surface area contributed by atoms with E-state index in [1.807, 2.05) is 0 Å². The number of halogens is 5. The van der Waals surface area contributed by atoms with Crippen LogP contribution >= 0.6 is 11.6 Å². The quantitative estimate of drug-likeness (QED) is 0.274. The summed E-state index contributed by atoms with van der Waals surface area (Å²) in [5.41, 5.74) is -5.88. The van der Waals surface area contributed by atoms with Crippen molar-refractivity contribution < 1.29 is 56.4 Å². The maximum absolute atomic E-state index is 16.6. The molecule has 0 saturated carbocycles. The first-order chi connectivity index (χ1) is 17.2. The minimum absolute atomic E-state index is 0.0123. The van der Waals surface area contributed by atoms with Gasteiger partial charge in [-0.1, -0.05) is 17.7 Å². The van der Waals surface area contributed by atoms with E-state index in [1.165, 1.54) is 19.2 Å². The van der Waals surface area contributed by atoms with Gasteiger partial charge in [0, 0.05) is 22.6 Å². The van der Waals surface area contributed by atoms with Gasteiger partial charge in [-0.05, 0) is 36.8 Å². The number of carboxylic acid groups (broad SMARTS) is 2. The number of carboxylic acids is 2. The van der Waals surface area contributed by atoms with Crippen LogP contribution < -0.4 is 9.64 Å². The van der Waals surface area contributed by atoms with Crippen LogP contribution in [0.5, 0.6) is 5.75 Å². The summed E-state index contributed by atoms with van der Waals surface area (Å²) in [6.07, 6.45) is -6.23. The minimum atomic E-state index is -4.87. The van der Waals surface area contributed by atoms with Gasteiger partial charge in [0.25, 0.3) is 5.91 Å². The van der Waals surface area contributed by atoms with Gasteiger partial charge in [-0.2, -0.15) is 13.2 Å². The lowest BCUT2D eigenvalue weighted by Crippen LogP contribution is -2.41. The van der Waals surface area contributed by atoms with E-state index in [4.69, 9.17) is 26.2 Å². The number of carbonyl (C=O) groups excluding carboxylic acids is 2. The Morgan fingerprint density at radius 1 is 1.11 bits per heavy atom. The molecule has 3 rings (SSSR count). The number of aliphatic carboxylic acids is 2. The second-order valence-corrected chi connectivity index (χ2v) is 8.32. The molecule has 0 aliphatic carbocycles. The van der Waals surface area contributed by atoms with Crippen LogP contribution in [0.25, 0.3) is 0 Å². The molecule has 0 radical (unpaired) electrons. The molecule has 1 heterocycles. The van der Waals surface area contributed by atoms with Gasteiger partial charge in [0.05, 0.1) is 18.4 Å². The van der Waals surface area contributed by atoms with E-state index in [9.17, 15) is 37.5 Å². The molecule has 0 saturated heterocycles. The zero-order valence-electron chi connectivity index (χ0n) is 18.8. The molecule has 2 aromatic carbocycles. The molecule has 14 heteroatoms. The molecule has 0 aromatic heterocycles. The van der Waals surface area contributed by atoms with Gasteiger partial charge in [0.1, 0.15) is 5.75 Å². The molecule has 0 fully saturated rings. The van der Waals surface area contributed by atoms with Crippen molar-refractivity contribution in [2.45, 2.75) is 24.7 Å². The van der Waals surface area contributed by atoms with Crippen molar-refractivity contribution >= 4 is 41.1 Å². The Labute approximate surface area is 211 Å². The number of fused-ring (bicyclic) bond motifs is 1. The molecule has 198 valence electrons. The number of methoxy groups -OCH3 is 1. The first-order valence-corrected chi connectivity index (χ1v) is 10.8. The summed E-state index contributed by atoms with van der Waals surface area (Å²) in [6, 6.07) is 5.45. The second-order valence-electron chi connectivity index (χ2n) is 7.88. The maximum atomic E-state index is 16.6. The Hall–Kier alpha value is -3.87. The largest absolute Gasteiger partial charge is 0.496 e.